The van der Waals surface area contributed by atoms with Gasteiger partial charge in [0.05, 0.1) is 24.0 Å². The van der Waals surface area contributed by atoms with Gasteiger partial charge in [0.25, 0.3) is 0 Å². The van der Waals surface area contributed by atoms with E-state index in [4.69, 9.17) is 19.0 Å². The van der Waals surface area contributed by atoms with E-state index in [1.807, 2.05) is 85.0 Å². The van der Waals surface area contributed by atoms with Crippen LogP contribution in [0.25, 0.3) is 11.3 Å². The predicted molar refractivity (Wildman–Crippen MR) is 142 cm³/mol. The van der Waals surface area contributed by atoms with Gasteiger partial charge in [0.2, 0.25) is 5.91 Å². The van der Waals surface area contributed by atoms with E-state index in [9.17, 15) is 9.59 Å². The summed E-state index contributed by atoms with van der Waals surface area (Å²) < 4.78 is 17.0. The van der Waals surface area contributed by atoms with Crippen LogP contribution >= 0.6 is 0 Å². The molecule has 37 heavy (non-hydrogen) atoms. The first-order chi connectivity index (χ1) is 17.3. The van der Waals surface area contributed by atoms with Crippen molar-refractivity contribution in [3.63, 3.8) is 0 Å². The maximum atomic E-state index is 13.5. The molecule has 2 amide bonds. The second-order valence-corrected chi connectivity index (χ2v) is 11.2. The smallest absolute Gasteiger partial charge is 0.453 e. The molecule has 0 unspecified atom stereocenters. The van der Waals surface area contributed by atoms with Gasteiger partial charge in [0.15, 0.2) is 0 Å². The van der Waals surface area contributed by atoms with Gasteiger partial charge >= 0.3 is 13.2 Å². The Kier molecular flexibility index (Phi) is 7.27. The summed E-state index contributed by atoms with van der Waals surface area (Å²) in [5, 5.41) is 2.67. The molecule has 198 valence electrons. The Morgan fingerprint density at radius 2 is 1.78 bits per heavy atom. The van der Waals surface area contributed by atoms with Crippen LogP contribution in [0.1, 0.15) is 60.3 Å². The summed E-state index contributed by atoms with van der Waals surface area (Å²) in [6.07, 6.45) is 3.24. The van der Waals surface area contributed by atoms with Crippen LogP contribution in [-0.4, -0.2) is 64.9 Å². The Morgan fingerprint density at radius 1 is 1.16 bits per heavy atom. The van der Waals surface area contributed by atoms with E-state index in [0.717, 1.165) is 22.3 Å². The first-order valence-corrected chi connectivity index (χ1v) is 12.7. The average molecular weight is 508 g/mol. The lowest BCUT2D eigenvalue weighted by atomic mass is 9.79. The van der Waals surface area contributed by atoms with Gasteiger partial charge in [-0.3, -0.25) is 4.79 Å². The van der Waals surface area contributed by atoms with E-state index in [-0.39, 0.29) is 17.9 Å². The second-order valence-electron chi connectivity index (χ2n) is 11.2. The number of ether oxygens (including phenoxy) is 1. The summed E-state index contributed by atoms with van der Waals surface area (Å²) in [5.74, 6) is 0.377. The van der Waals surface area contributed by atoms with Crippen LogP contribution in [-0.2, 0) is 18.8 Å². The van der Waals surface area contributed by atoms with Crippen LogP contribution in [0.4, 0.5) is 4.79 Å². The van der Waals surface area contributed by atoms with Crippen molar-refractivity contribution in [3.05, 3.63) is 47.9 Å². The number of hydrogen-bond donors (Lipinski definition) is 2. The number of nitrogens with one attached hydrogen (secondary N) is 2. The molecule has 9 nitrogen and oxygen atoms in total. The SMILES string of the molecule is COC(=O)N[C@H](C(=O)N1CC(C)=C[C@H]1c1nc(-c2ccc(B3OC(C)(C)C(C)(C)O3)cc2)c[nH]1)C(C)C. The number of methoxy groups -OCH3 is 1. The highest BCUT2D eigenvalue weighted by Crippen LogP contribution is 2.36. The Labute approximate surface area is 219 Å². The van der Waals surface area contributed by atoms with Gasteiger partial charge in [-0.15, -0.1) is 0 Å². The zero-order valence-electron chi connectivity index (χ0n) is 22.9. The Balaban J connectivity index is 1.52. The fraction of sp³-hybridized carbons (Fsp3) is 0.519. The van der Waals surface area contributed by atoms with E-state index in [1.165, 1.54) is 7.11 Å². The van der Waals surface area contributed by atoms with Gasteiger partial charge in [-0.1, -0.05) is 49.8 Å². The highest BCUT2D eigenvalue weighted by atomic mass is 16.7. The van der Waals surface area contributed by atoms with Gasteiger partial charge in [0, 0.05) is 18.3 Å². The van der Waals surface area contributed by atoms with Gasteiger partial charge in [0.1, 0.15) is 17.9 Å². The lowest BCUT2D eigenvalue weighted by Gasteiger charge is -2.32. The van der Waals surface area contributed by atoms with E-state index < -0.39 is 30.5 Å². The quantitative estimate of drug-likeness (QED) is 0.457. The van der Waals surface area contributed by atoms with E-state index in [0.29, 0.717) is 12.4 Å². The highest BCUT2D eigenvalue weighted by Gasteiger charge is 2.51. The first kappa shape index (κ1) is 26.9. The molecule has 1 aromatic carbocycles. The van der Waals surface area contributed by atoms with E-state index in [1.54, 1.807) is 4.90 Å². The number of aromatic nitrogens is 2. The molecule has 2 aliphatic heterocycles. The van der Waals surface area contributed by atoms with Crippen LogP contribution in [0.3, 0.4) is 0 Å². The van der Waals surface area contributed by atoms with Gasteiger partial charge in [-0.05, 0) is 46.0 Å². The second kappa shape index (κ2) is 9.98. The monoisotopic (exact) mass is 508 g/mol. The minimum atomic E-state index is -0.703. The van der Waals surface area contributed by atoms with Crippen molar-refractivity contribution in [1.29, 1.82) is 0 Å². The molecular weight excluding hydrogens is 471 g/mol. The highest BCUT2D eigenvalue weighted by molar-refractivity contribution is 6.62. The van der Waals surface area contributed by atoms with Crippen molar-refractivity contribution >= 4 is 24.6 Å². The normalized spacial score (nSPS) is 21.2. The van der Waals surface area contributed by atoms with Crippen molar-refractivity contribution in [1.82, 2.24) is 20.2 Å². The molecule has 10 heteroatoms. The van der Waals surface area contributed by atoms with Crippen LogP contribution in [0.15, 0.2) is 42.1 Å². The fourth-order valence-electron chi connectivity index (χ4n) is 4.53. The third-order valence-electron chi connectivity index (χ3n) is 7.48. The molecule has 0 spiro atoms. The third kappa shape index (κ3) is 5.31. The summed E-state index contributed by atoms with van der Waals surface area (Å²) in [6.45, 7) is 14.4. The maximum absolute atomic E-state index is 13.5. The molecule has 2 aliphatic rings. The number of carbonyl (C=O) groups is 2. The molecule has 1 aromatic heterocycles. The molecule has 2 N–H and O–H groups in total. The van der Waals surface area contributed by atoms with Crippen LogP contribution in [0, 0.1) is 5.92 Å². The summed E-state index contributed by atoms with van der Waals surface area (Å²) >= 11 is 0. The molecule has 1 fully saturated rings. The molecule has 0 radical (unpaired) electrons. The number of imidazole rings is 1. The number of hydrogen-bond acceptors (Lipinski definition) is 6. The minimum absolute atomic E-state index is 0.109. The lowest BCUT2D eigenvalue weighted by molar-refractivity contribution is -0.135. The zero-order valence-corrected chi connectivity index (χ0v) is 22.9. The average Bonchev–Trinajstić information content (AvgIpc) is 3.52. The topological polar surface area (TPSA) is 106 Å². The molecular formula is C27H37BN4O5. The number of H-pyrrole nitrogens is 1. The number of carbonyl (C=O) groups excluding carboxylic acids is 2. The van der Waals surface area contributed by atoms with Crippen molar-refractivity contribution in [2.45, 2.75) is 71.8 Å². The van der Waals surface area contributed by atoms with Gasteiger partial charge < -0.3 is 29.2 Å². The molecule has 3 heterocycles. The Morgan fingerprint density at radius 3 is 2.35 bits per heavy atom. The zero-order chi connectivity index (χ0) is 27.1. The third-order valence-corrected chi connectivity index (χ3v) is 7.48. The number of amides is 2. The molecule has 0 bridgehead atoms. The van der Waals surface area contributed by atoms with Crippen molar-refractivity contribution in [2.75, 3.05) is 13.7 Å². The Hall–Kier alpha value is -3.11. The summed E-state index contributed by atoms with van der Waals surface area (Å²) in [5.41, 5.74) is 2.92. The molecule has 2 atom stereocenters. The number of aromatic amines is 1. The minimum Gasteiger partial charge on any atom is -0.453 e. The number of nitrogens with zero attached hydrogens (tertiary/aromatic N) is 2. The molecule has 4 rings (SSSR count). The number of benzene rings is 1. The van der Waals surface area contributed by atoms with Gasteiger partial charge in [-0.2, -0.15) is 0 Å². The predicted octanol–water partition coefficient (Wildman–Crippen LogP) is 3.59. The molecule has 0 saturated carbocycles. The number of rotatable bonds is 6. The summed E-state index contributed by atoms with van der Waals surface area (Å²) in [4.78, 5) is 35.1. The Bertz CT molecular complexity index is 1170. The summed E-state index contributed by atoms with van der Waals surface area (Å²) in [7, 11) is 0.862. The molecule has 1 saturated heterocycles. The first-order valence-electron chi connectivity index (χ1n) is 12.7. The lowest BCUT2D eigenvalue weighted by Crippen LogP contribution is -2.51. The molecule has 2 aromatic rings. The standard InChI is InChI=1S/C27H37BN4O5/c1-16(2)22(31-25(34)35-8)24(33)32-15-17(3)13-21(32)23-29-14-20(30-23)18-9-11-19(12-10-18)28-36-26(4,5)27(6,7)37-28/h9-14,16,21-22H,15H2,1-8H3,(H,29,30)(H,31,34)/t21-,22-/m0/s1. The number of alkyl carbamates (subject to hydrolysis) is 1. The fourth-order valence-corrected chi connectivity index (χ4v) is 4.53. The van der Waals surface area contributed by atoms with Crippen molar-refractivity contribution in [3.8, 4) is 11.3 Å². The maximum Gasteiger partial charge on any atom is 0.494 e. The molecule has 0 aliphatic carbocycles. The van der Waals surface area contributed by atoms with Crippen molar-refractivity contribution < 1.29 is 23.6 Å². The van der Waals surface area contributed by atoms with E-state index in [2.05, 4.69) is 10.3 Å². The van der Waals surface area contributed by atoms with Crippen LogP contribution < -0.4 is 10.8 Å². The van der Waals surface area contributed by atoms with Crippen LogP contribution in [0.2, 0.25) is 0 Å². The van der Waals surface area contributed by atoms with Crippen molar-refractivity contribution in [2.24, 2.45) is 5.92 Å². The van der Waals surface area contributed by atoms with Gasteiger partial charge in [-0.25, -0.2) is 9.78 Å². The largest absolute Gasteiger partial charge is 0.494 e. The van der Waals surface area contributed by atoms with Crippen LogP contribution in [0.5, 0.6) is 0 Å². The summed E-state index contributed by atoms with van der Waals surface area (Å²) in [6, 6.07) is 6.92. The van der Waals surface area contributed by atoms with E-state index >= 15 is 0 Å².